The van der Waals surface area contributed by atoms with E-state index in [1.807, 2.05) is 0 Å². The van der Waals surface area contributed by atoms with Crippen molar-refractivity contribution >= 4 is 24.2 Å². The van der Waals surface area contributed by atoms with Gasteiger partial charge >= 0.3 is 0 Å². The van der Waals surface area contributed by atoms with Gasteiger partial charge < -0.3 is 4.74 Å². The predicted octanol–water partition coefficient (Wildman–Crippen LogP) is 2.51. The predicted molar refractivity (Wildman–Crippen MR) is 54.3 cm³/mol. The fourth-order valence-electron chi connectivity index (χ4n) is 0.988. The van der Waals surface area contributed by atoms with E-state index in [4.69, 9.17) is 21.7 Å². The number of benzene rings is 1. The van der Waals surface area contributed by atoms with Gasteiger partial charge in [-0.3, -0.25) is 5.41 Å². The highest BCUT2D eigenvalue weighted by molar-refractivity contribution is 6.32. The molecule has 0 aliphatic heterocycles. The molecule has 1 N–H and O–H groups in total. The Labute approximate surface area is 85.7 Å². The van der Waals surface area contributed by atoms with E-state index in [2.05, 4.69) is 11.7 Å². The zero-order chi connectivity index (χ0) is 10.7. The third-order valence-electron chi connectivity index (χ3n) is 1.67. The van der Waals surface area contributed by atoms with Crippen LogP contribution in [0.2, 0.25) is 5.02 Å². The van der Waals surface area contributed by atoms with Crippen molar-refractivity contribution in [2.24, 2.45) is 4.99 Å². The number of hydrogen-bond acceptors (Lipinski definition) is 2. The van der Waals surface area contributed by atoms with Crippen LogP contribution in [0, 0.1) is 11.2 Å². The Hall–Kier alpha value is -1.42. The highest BCUT2D eigenvalue weighted by Gasteiger charge is 2.15. The summed E-state index contributed by atoms with van der Waals surface area (Å²) in [7, 11) is 1.30. The number of halogens is 2. The Morgan fingerprint density at radius 3 is 2.79 bits per heavy atom. The molecule has 0 aliphatic carbocycles. The highest BCUT2D eigenvalue weighted by atomic mass is 35.5. The maximum Gasteiger partial charge on any atom is 0.177 e. The molecule has 0 aliphatic rings. The normalized spacial score (nSPS) is 9.64. The number of amidine groups is 1. The molecule has 0 heterocycles. The van der Waals surface area contributed by atoms with Crippen molar-refractivity contribution < 1.29 is 9.13 Å². The molecule has 0 aromatic heterocycles. The quantitative estimate of drug-likeness (QED) is 0.597. The summed E-state index contributed by atoms with van der Waals surface area (Å²) >= 11 is 5.67. The number of hydrogen-bond donors (Lipinski definition) is 1. The first-order valence-electron chi connectivity index (χ1n) is 3.69. The van der Waals surface area contributed by atoms with Crippen LogP contribution in [-0.4, -0.2) is 19.7 Å². The van der Waals surface area contributed by atoms with E-state index >= 15 is 0 Å². The molecule has 0 spiro atoms. The topological polar surface area (TPSA) is 45.4 Å². The second-order valence-corrected chi connectivity index (χ2v) is 2.86. The number of nitrogens with one attached hydrogen (secondary N) is 1. The molecular weight excluding hydrogens is 207 g/mol. The van der Waals surface area contributed by atoms with Crippen LogP contribution in [0.4, 0.5) is 4.39 Å². The van der Waals surface area contributed by atoms with E-state index < -0.39 is 5.82 Å². The minimum Gasteiger partial charge on any atom is -0.492 e. The zero-order valence-electron chi connectivity index (χ0n) is 7.47. The minimum atomic E-state index is -0.697. The average molecular weight is 215 g/mol. The van der Waals surface area contributed by atoms with E-state index in [1.165, 1.54) is 19.2 Å². The molecule has 0 amide bonds. The number of rotatable bonds is 2. The Morgan fingerprint density at radius 2 is 2.29 bits per heavy atom. The molecule has 0 unspecified atom stereocenters. The highest BCUT2D eigenvalue weighted by Crippen LogP contribution is 2.29. The SMILES string of the molecule is C=NC(=N)c1ccc(Cl)c(OC)c1F. The maximum atomic E-state index is 13.5. The first-order valence-corrected chi connectivity index (χ1v) is 4.07. The Kier molecular flexibility index (Phi) is 3.19. The van der Waals surface area contributed by atoms with Crippen LogP contribution in [0.1, 0.15) is 5.56 Å². The molecule has 74 valence electrons. The summed E-state index contributed by atoms with van der Waals surface area (Å²) in [5, 5.41) is 7.45. The molecule has 0 saturated carbocycles. The molecule has 0 atom stereocenters. The smallest absolute Gasteiger partial charge is 0.177 e. The Bertz CT molecular complexity index is 393. The molecule has 0 saturated heterocycles. The third-order valence-corrected chi connectivity index (χ3v) is 1.96. The first-order chi connectivity index (χ1) is 6.61. The van der Waals surface area contributed by atoms with Gasteiger partial charge in [0.2, 0.25) is 0 Å². The van der Waals surface area contributed by atoms with Crippen LogP contribution in [0.15, 0.2) is 17.1 Å². The Balaban J connectivity index is 3.35. The van der Waals surface area contributed by atoms with Crippen molar-refractivity contribution in [3.05, 3.63) is 28.5 Å². The van der Waals surface area contributed by atoms with E-state index in [-0.39, 0.29) is 22.2 Å². The lowest BCUT2D eigenvalue weighted by molar-refractivity contribution is 0.386. The van der Waals surface area contributed by atoms with Gasteiger partial charge in [0.15, 0.2) is 17.4 Å². The van der Waals surface area contributed by atoms with E-state index in [9.17, 15) is 4.39 Å². The van der Waals surface area contributed by atoms with Gasteiger partial charge in [-0.1, -0.05) is 11.6 Å². The zero-order valence-corrected chi connectivity index (χ0v) is 8.23. The summed E-state index contributed by atoms with van der Waals surface area (Å²) in [6, 6.07) is 2.80. The second-order valence-electron chi connectivity index (χ2n) is 2.45. The van der Waals surface area contributed by atoms with Gasteiger partial charge in [-0.25, -0.2) is 9.38 Å². The maximum absolute atomic E-state index is 13.5. The average Bonchev–Trinajstić information content (AvgIpc) is 2.18. The summed E-state index contributed by atoms with van der Waals surface area (Å²) < 4.78 is 18.3. The van der Waals surface area contributed by atoms with E-state index in [0.29, 0.717) is 0 Å². The van der Waals surface area contributed by atoms with Gasteiger partial charge in [0.1, 0.15) is 0 Å². The lowest BCUT2D eigenvalue weighted by atomic mass is 10.2. The fraction of sp³-hybridized carbons (Fsp3) is 0.111. The van der Waals surface area contributed by atoms with Gasteiger partial charge in [0.25, 0.3) is 0 Å². The van der Waals surface area contributed by atoms with Crippen LogP contribution in [0.25, 0.3) is 0 Å². The monoisotopic (exact) mass is 214 g/mol. The molecular formula is C9H8ClFN2O. The molecule has 5 heteroatoms. The molecule has 14 heavy (non-hydrogen) atoms. The molecule has 1 aromatic carbocycles. The van der Waals surface area contributed by atoms with Gasteiger partial charge in [-0.2, -0.15) is 0 Å². The van der Waals surface area contributed by atoms with Crippen LogP contribution < -0.4 is 4.74 Å². The number of methoxy groups -OCH3 is 1. The number of nitrogens with zero attached hydrogens (tertiary/aromatic N) is 1. The second kappa shape index (κ2) is 4.19. The minimum absolute atomic E-state index is 0.0150. The summed E-state index contributed by atoms with van der Waals surface area (Å²) in [4.78, 5) is 3.32. The van der Waals surface area contributed by atoms with Crippen molar-refractivity contribution in [3.63, 3.8) is 0 Å². The standard InChI is InChI=1S/C9H8ClFN2O/c1-13-9(12)5-3-4-6(10)8(14-2)7(5)11/h3-4,12H,1H2,2H3. The number of aliphatic imine (C=N–C) groups is 1. The summed E-state index contributed by atoms with van der Waals surface area (Å²) in [5.41, 5.74) is 0.0150. The molecule has 1 rings (SSSR count). The lowest BCUT2D eigenvalue weighted by Crippen LogP contribution is -2.01. The van der Waals surface area contributed by atoms with Crippen LogP contribution in [0.3, 0.4) is 0 Å². The van der Waals surface area contributed by atoms with Crippen molar-refractivity contribution in [2.75, 3.05) is 7.11 Å². The molecule has 1 aromatic rings. The third kappa shape index (κ3) is 1.75. The molecule has 0 fully saturated rings. The van der Waals surface area contributed by atoms with Gasteiger partial charge in [0.05, 0.1) is 17.7 Å². The van der Waals surface area contributed by atoms with Crippen molar-refractivity contribution in [1.29, 1.82) is 5.41 Å². The van der Waals surface area contributed by atoms with Crippen LogP contribution in [0.5, 0.6) is 5.75 Å². The van der Waals surface area contributed by atoms with Crippen molar-refractivity contribution in [3.8, 4) is 5.75 Å². The van der Waals surface area contributed by atoms with Gasteiger partial charge in [-0.15, -0.1) is 0 Å². The lowest BCUT2D eigenvalue weighted by Gasteiger charge is -2.07. The summed E-state index contributed by atoms with van der Waals surface area (Å²) in [6.45, 7) is 3.14. The number of ether oxygens (including phenoxy) is 1. The largest absolute Gasteiger partial charge is 0.492 e. The molecule has 0 radical (unpaired) electrons. The van der Waals surface area contributed by atoms with E-state index in [1.54, 1.807) is 0 Å². The fourth-order valence-corrected chi connectivity index (χ4v) is 1.21. The van der Waals surface area contributed by atoms with Crippen LogP contribution >= 0.6 is 11.6 Å². The van der Waals surface area contributed by atoms with Crippen LogP contribution in [-0.2, 0) is 0 Å². The van der Waals surface area contributed by atoms with Gasteiger partial charge in [0, 0.05) is 0 Å². The summed E-state index contributed by atoms with van der Waals surface area (Å²) in [6.07, 6.45) is 0. The van der Waals surface area contributed by atoms with Gasteiger partial charge in [-0.05, 0) is 18.9 Å². The first kappa shape index (κ1) is 10.7. The molecule has 0 bridgehead atoms. The Morgan fingerprint density at radius 1 is 1.64 bits per heavy atom. The van der Waals surface area contributed by atoms with Crippen molar-refractivity contribution in [1.82, 2.24) is 0 Å². The molecule has 3 nitrogen and oxygen atoms in total. The van der Waals surface area contributed by atoms with Crippen molar-refractivity contribution in [2.45, 2.75) is 0 Å². The van der Waals surface area contributed by atoms with E-state index in [0.717, 1.165) is 0 Å². The summed E-state index contributed by atoms with van der Waals surface area (Å²) in [5.74, 6) is -1.03.